The van der Waals surface area contributed by atoms with Crippen molar-refractivity contribution in [1.82, 2.24) is 10.2 Å². The molecule has 0 fully saturated rings. The van der Waals surface area contributed by atoms with E-state index >= 15 is 0 Å². The van der Waals surface area contributed by atoms with E-state index in [1.807, 2.05) is 12.1 Å². The minimum Gasteiger partial charge on any atom is -0.468 e. The molecule has 20 heavy (non-hydrogen) atoms. The van der Waals surface area contributed by atoms with Gasteiger partial charge in [-0.2, -0.15) is 0 Å². The lowest BCUT2D eigenvalue weighted by Gasteiger charge is -2.17. The van der Waals surface area contributed by atoms with Crippen molar-refractivity contribution in [1.29, 1.82) is 0 Å². The van der Waals surface area contributed by atoms with Gasteiger partial charge in [0.25, 0.3) is 0 Å². The van der Waals surface area contributed by atoms with E-state index in [4.69, 9.17) is 4.42 Å². The third kappa shape index (κ3) is 4.47. The molecule has 0 aliphatic rings. The first kappa shape index (κ1) is 15.3. The van der Waals surface area contributed by atoms with Gasteiger partial charge in [0.2, 0.25) is 0 Å². The monoisotopic (exact) mass is 336 g/mol. The van der Waals surface area contributed by atoms with E-state index in [1.54, 1.807) is 6.26 Å². The van der Waals surface area contributed by atoms with Crippen LogP contribution >= 0.6 is 15.9 Å². The van der Waals surface area contributed by atoms with Crippen LogP contribution in [-0.2, 0) is 19.6 Å². The Hall–Kier alpha value is -1.10. The molecule has 2 aromatic rings. The third-order valence-electron chi connectivity index (χ3n) is 3.14. The molecule has 0 aliphatic carbocycles. The molecule has 0 unspecified atom stereocenters. The van der Waals surface area contributed by atoms with E-state index in [0.717, 1.165) is 31.9 Å². The summed E-state index contributed by atoms with van der Waals surface area (Å²) in [6.07, 6.45) is 1.72. The van der Waals surface area contributed by atoms with Gasteiger partial charge < -0.3 is 9.73 Å². The van der Waals surface area contributed by atoms with Crippen molar-refractivity contribution >= 4 is 15.9 Å². The highest BCUT2D eigenvalue weighted by molar-refractivity contribution is 9.10. The molecule has 0 atom stereocenters. The molecule has 1 aromatic carbocycles. The fourth-order valence-electron chi connectivity index (χ4n) is 2.11. The van der Waals surface area contributed by atoms with Crippen molar-refractivity contribution in [3.63, 3.8) is 0 Å². The molecule has 0 amide bonds. The molecular weight excluding hydrogens is 316 g/mol. The van der Waals surface area contributed by atoms with E-state index in [2.05, 4.69) is 58.3 Å². The van der Waals surface area contributed by atoms with Gasteiger partial charge in [0.05, 0.1) is 12.8 Å². The molecule has 2 rings (SSSR count). The third-order valence-corrected chi connectivity index (χ3v) is 3.88. The van der Waals surface area contributed by atoms with Crippen LogP contribution < -0.4 is 5.32 Å². The normalized spacial score (nSPS) is 11.2. The maximum absolute atomic E-state index is 5.37. The van der Waals surface area contributed by atoms with Crippen LogP contribution in [0.4, 0.5) is 0 Å². The fourth-order valence-corrected chi connectivity index (χ4v) is 2.67. The lowest BCUT2D eigenvalue weighted by Crippen LogP contribution is -2.17. The molecule has 1 N–H and O–H groups in total. The van der Waals surface area contributed by atoms with E-state index in [0.29, 0.717) is 0 Å². The lowest BCUT2D eigenvalue weighted by atomic mass is 10.1. The zero-order valence-corrected chi connectivity index (χ0v) is 13.6. The highest BCUT2D eigenvalue weighted by Crippen LogP contribution is 2.20. The maximum atomic E-state index is 5.37. The topological polar surface area (TPSA) is 28.4 Å². The molecule has 108 valence electrons. The van der Waals surface area contributed by atoms with Gasteiger partial charge in [-0.1, -0.05) is 35.0 Å². The molecule has 0 saturated carbocycles. The number of nitrogens with one attached hydrogen (secondary N) is 1. The molecule has 0 saturated heterocycles. The molecule has 0 bridgehead atoms. The largest absolute Gasteiger partial charge is 0.468 e. The smallest absolute Gasteiger partial charge is 0.117 e. The average Bonchev–Trinajstić information content (AvgIpc) is 2.92. The van der Waals surface area contributed by atoms with E-state index in [9.17, 15) is 0 Å². The van der Waals surface area contributed by atoms with Gasteiger partial charge in [-0.05, 0) is 42.9 Å². The second-order valence-corrected chi connectivity index (χ2v) is 5.81. The van der Waals surface area contributed by atoms with Gasteiger partial charge in [-0.15, -0.1) is 0 Å². The number of nitrogens with zero attached hydrogens (tertiary/aromatic N) is 1. The minimum atomic E-state index is 0.818. The zero-order valence-electron chi connectivity index (χ0n) is 12.0. The summed E-state index contributed by atoms with van der Waals surface area (Å²) in [5, 5.41) is 3.34. The van der Waals surface area contributed by atoms with Gasteiger partial charge in [0, 0.05) is 17.6 Å². The number of hydrogen-bond donors (Lipinski definition) is 1. The van der Waals surface area contributed by atoms with E-state index in [-0.39, 0.29) is 0 Å². The summed E-state index contributed by atoms with van der Waals surface area (Å²) in [4.78, 5) is 2.24. The fraction of sp³-hybridized carbons (Fsp3) is 0.375. The van der Waals surface area contributed by atoms with Crippen molar-refractivity contribution in [3.05, 3.63) is 58.0 Å². The van der Waals surface area contributed by atoms with E-state index < -0.39 is 0 Å². The molecular formula is C16H21BrN2O. The highest BCUT2D eigenvalue weighted by Gasteiger charge is 2.07. The first-order valence-corrected chi connectivity index (χ1v) is 7.67. The highest BCUT2D eigenvalue weighted by atomic mass is 79.9. The zero-order chi connectivity index (χ0) is 14.4. The van der Waals surface area contributed by atoms with Crippen LogP contribution in [0, 0.1) is 0 Å². The van der Waals surface area contributed by atoms with Crippen LogP contribution in [-0.4, -0.2) is 18.5 Å². The van der Waals surface area contributed by atoms with Crippen molar-refractivity contribution < 1.29 is 4.42 Å². The van der Waals surface area contributed by atoms with Crippen LogP contribution in [0.25, 0.3) is 0 Å². The Morgan fingerprint density at radius 3 is 2.75 bits per heavy atom. The maximum Gasteiger partial charge on any atom is 0.117 e. The quantitative estimate of drug-likeness (QED) is 0.833. The van der Waals surface area contributed by atoms with Crippen LogP contribution in [0.5, 0.6) is 0 Å². The second kappa shape index (κ2) is 7.62. The van der Waals surface area contributed by atoms with Crippen molar-refractivity contribution in [2.75, 3.05) is 13.6 Å². The SMILES string of the molecule is CCNCc1ccc(CN(C)Cc2ccco2)c(Br)c1. The Kier molecular flexibility index (Phi) is 5.83. The Labute approximate surface area is 129 Å². The number of rotatable bonds is 7. The van der Waals surface area contributed by atoms with Gasteiger partial charge in [-0.3, -0.25) is 4.90 Å². The van der Waals surface area contributed by atoms with Crippen LogP contribution in [0.2, 0.25) is 0 Å². The molecule has 4 heteroatoms. The molecule has 0 spiro atoms. The number of halogens is 1. The van der Waals surface area contributed by atoms with Gasteiger partial charge in [0.15, 0.2) is 0 Å². The first-order chi connectivity index (χ1) is 9.69. The first-order valence-electron chi connectivity index (χ1n) is 6.88. The van der Waals surface area contributed by atoms with Crippen LogP contribution in [0.15, 0.2) is 45.5 Å². The minimum absolute atomic E-state index is 0.818. The second-order valence-electron chi connectivity index (χ2n) is 4.96. The van der Waals surface area contributed by atoms with E-state index in [1.165, 1.54) is 15.6 Å². The molecule has 0 aliphatic heterocycles. The van der Waals surface area contributed by atoms with Gasteiger partial charge >= 0.3 is 0 Å². The van der Waals surface area contributed by atoms with Crippen molar-refractivity contribution in [3.8, 4) is 0 Å². The number of hydrogen-bond acceptors (Lipinski definition) is 3. The Balaban J connectivity index is 1.95. The van der Waals surface area contributed by atoms with Gasteiger partial charge in [-0.25, -0.2) is 0 Å². The number of benzene rings is 1. The predicted octanol–water partition coefficient (Wildman–Crippen LogP) is 3.78. The van der Waals surface area contributed by atoms with Crippen molar-refractivity contribution in [2.45, 2.75) is 26.6 Å². The number of furan rings is 1. The van der Waals surface area contributed by atoms with Crippen LogP contribution in [0.3, 0.4) is 0 Å². The summed E-state index contributed by atoms with van der Waals surface area (Å²) in [6.45, 7) is 5.73. The summed E-state index contributed by atoms with van der Waals surface area (Å²) in [5.41, 5.74) is 2.59. The summed E-state index contributed by atoms with van der Waals surface area (Å²) in [5.74, 6) is 0.993. The molecule has 0 radical (unpaired) electrons. The predicted molar refractivity (Wildman–Crippen MR) is 85.4 cm³/mol. The Morgan fingerprint density at radius 2 is 2.10 bits per heavy atom. The summed E-state index contributed by atoms with van der Waals surface area (Å²) >= 11 is 3.67. The van der Waals surface area contributed by atoms with Crippen LogP contribution in [0.1, 0.15) is 23.8 Å². The average molecular weight is 337 g/mol. The Morgan fingerprint density at radius 1 is 1.25 bits per heavy atom. The molecule has 1 aromatic heterocycles. The molecule has 1 heterocycles. The lowest BCUT2D eigenvalue weighted by molar-refractivity contribution is 0.287. The van der Waals surface area contributed by atoms with Gasteiger partial charge in [0.1, 0.15) is 5.76 Å². The molecule has 3 nitrogen and oxygen atoms in total. The summed E-state index contributed by atoms with van der Waals surface area (Å²) in [6, 6.07) is 10.5. The Bertz CT molecular complexity index is 525. The van der Waals surface area contributed by atoms with Crippen molar-refractivity contribution in [2.24, 2.45) is 0 Å². The summed E-state index contributed by atoms with van der Waals surface area (Å²) in [7, 11) is 2.10. The summed E-state index contributed by atoms with van der Waals surface area (Å²) < 4.78 is 6.54. The standard InChI is InChI=1S/C16H21BrN2O/c1-3-18-10-13-6-7-14(16(17)9-13)11-19(2)12-15-5-4-8-20-15/h4-9,18H,3,10-12H2,1-2H3.